The Labute approximate surface area is 94.7 Å². The lowest BCUT2D eigenvalue weighted by Crippen LogP contribution is -2.07. The van der Waals surface area contributed by atoms with Crippen LogP contribution in [0.4, 0.5) is 0 Å². The van der Waals surface area contributed by atoms with E-state index >= 15 is 0 Å². The largest absolute Gasteiger partial charge is 0.396 e. The lowest BCUT2D eigenvalue weighted by molar-refractivity contribution is 0.234. The Morgan fingerprint density at radius 2 is 1.27 bits per heavy atom. The van der Waals surface area contributed by atoms with Crippen LogP contribution in [0.5, 0.6) is 0 Å². The second-order valence-electron chi connectivity index (χ2n) is 4.50. The van der Waals surface area contributed by atoms with Crippen molar-refractivity contribution in [3.05, 3.63) is 0 Å². The van der Waals surface area contributed by atoms with E-state index in [1.807, 2.05) is 0 Å². The fraction of sp³-hybridized carbons (Fsp3) is 1.00. The summed E-state index contributed by atoms with van der Waals surface area (Å²) in [7, 11) is 0. The molecule has 0 amide bonds. The first-order chi connectivity index (χ1) is 7.28. The van der Waals surface area contributed by atoms with Gasteiger partial charge in [0.2, 0.25) is 0 Å². The van der Waals surface area contributed by atoms with Crippen molar-refractivity contribution in [2.45, 2.75) is 58.8 Å². The maximum absolute atomic E-state index is 8.90. The Morgan fingerprint density at radius 3 is 1.67 bits per heavy atom. The molecule has 15 heavy (non-hydrogen) atoms. The van der Waals surface area contributed by atoms with E-state index in [4.69, 9.17) is 10.2 Å². The first-order valence-electron chi connectivity index (χ1n) is 6.50. The van der Waals surface area contributed by atoms with Crippen LogP contribution >= 0.6 is 0 Å². The molecule has 0 heterocycles. The van der Waals surface area contributed by atoms with Gasteiger partial charge in [0.05, 0.1) is 0 Å². The van der Waals surface area contributed by atoms with Crippen LogP contribution in [0.25, 0.3) is 0 Å². The monoisotopic (exact) mass is 216 g/mol. The molecule has 2 unspecified atom stereocenters. The standard InChI is InChI=1S/C13H28O2/c1-3-12(6-5-10-14)7-8-13(4-2)9-11-15/h12-15H,3-11H2,1-2H3. The molecule has 2 N–H and O–H groups in total. The quantitative estimate of drug-likeness (QED) is 0.589. The molecule has 92 valence electrons. The van der Waals surface area contributed by atoms with Crippen LogP contribution in [0.2, 0.25) is 0 Å². The molecule has 0 fully saturated rings. The van der Waals surface area contributed by atoms with Gasteiger partial charge in [0.25, 0.3) is 0 Å². The zero-order chi connectivity index (χ0) is 11.5. The Hall–Kier alpha value is -0.0800. The van der Waals surface area contributed by atoms with Crippen molar-refractivity contribution in [2.75, 3.05) is 13.2 Å². The maximum Gasteiger partial charge on any atom is 0.0433 e. The summed E-state index contributed by atoms with van der Waals surface area (Å²) < 4.78 is 0. The zero-order valence-electron chi connectivity index (χ0n) is 10.4. The van der Waals surface area contributed by atoms with Crippen molar-refractivity contribution in [1.82, 2.24) is 0 Å². The number of aliphatic hydroxyl groups excluding tert-OH is 2. The van der Waals surface area contributed by atoms with Crippen LogP contribution in [0.1, 0.15) is 58.8 Å². The number of hydrogen-bond donors (Lipinski definition) is 2. The molecule has 0 spiro atoms. The van der Waals surface area contributed by atoms with E-state index in [0.29, 0.717) is 19.1 Å². The minimum Gasteiger partial charge on any atom is -0.396 e. The van der Waals surface area contributed by atoms with E-state index in [-0.39, 0.29) is 0 Å². The van der Waals surface area contributed by atoms with Gasteiger partial charge in [-0.05, 0) is 31.1 Å². The molecule has 0 saturated heterocycles. The molecule has 0 saturated carbocycles. The second kappa shape index (κ2) is 10.4. The summed E-state index contributed by atoms with van der Waals surface area (Å²) in [5.41, 5.74) is 0. The molecule has 0 aliphatic carbocycles. The zero-order valence-corrected chi connectivity index (χ0v) is 10.4. The average Bonchev–Trinajstić information content (AvgIpc) is 2.27. The lowest BCUT2D eigenvalue weighted by atomic mass is 9.88. The fourth-order valence-electron chi connectivity index (χ4n) is 2.14. The van der Waals surface area contributed by atoms with Crippen molar-refractivity contribution in [3.8, 4) is 0 Å². The lowest BCUT2D eigenvalue weighted by Gasteiger charge is -2.18. The topological polar surface area (TPSA) is 40.5 Å². The molecule has 0 rings (SSSR count). The average molecular weight is 216 g/mol. The van der Waals surface area contributed by atoms with Crippen LogP contribution in [0.15, 0.2) is 0 Å². The Kier molecular flexibility index (Phi) is 10.4. The van der Waals surface area contributed by atoms with Crippen molar-refractivity contribution in [3.63, 3.8) is 0 Å². The summed E-state index contributed by atoms with van der Waals surface area (Å²) in [6, 6.07) is 0. The van der Waals surface area contributed by atoms with Gasteiger partial charge in [-0.1, -0.05) is 39.5 Å². The van der Waals surface area contributed by atoms with Gasteiger partial charge in [-0.3, -0.25) is 0 Å². The smallest absolute Gasteiger partial charge is 0.0433 e. The highest BCUT2D eigenvalue weighted by Crippen LogP contribution is 2.23. The van der Waals surface area contributed by atoms with Gasteiger partial charge in [-0.15, -0.1) is 0 Å². The van der Waals surface area contributed by atoms with Crippen LogP contribution in [-0.4, -0.2) is 23.4 Å². The summed E-state index contributed by atoms with van der Waals surface area (Å²) in [5.74, 6) is 1.46. The highest BCUT2D eigenvalue weighted by Gasteiger charge is 2.10. The van der Waals surface area contributed by atoms with Crippen molar-refractivity contribution >= 4 is 0 Å². The molecule has 0 aliphatic heterocycles. The normalized spacial score (nSPS) is 15.2. The van der Waals surface area contributed by atoms with Gasteiger partial charge in [-0.2, -0.15) is 0 Å². The van der Waals surface area contributed by atoms with Crippen LogP contribution in [0.3, 0.4) is 0 Å². The third-order valence-corrected chi connectivity index (χ3v) is 3.45. The molecule has 0 radical (unpaired) electrons. The van der Waals surface area contributed by atoms with Gasteiger partial charge in [0, 0.05) is 13.2 Å². The molecular weight excluding hydrogens is 188 g/mol. The summed E-state index contributed by atoms with van der Waals surface area (Å²) in [4.78, 5) is 0. The summed E-state index contributed by atoms with van der Waals surface area (Å²) >= 11 is 0. The van der Waals surface area contributed by atoms with Crippen molar-refractivity contribution in [1.29, 1.82) is 0 Å². The molecule has 2 nitrogen and oxygen atoms in total. The third-order valence-electron chi connectivity index (χ3n) is 3.45. The van der Waals surface area contributed by atoms with E-state index in [9.17, 15) is 0 Å². The molecule has 0 aliphatic rings. The SMILES string of the molecule is CCC(CCO)CCC(CC)CCCO. The van der Waals surface area contributed by atoms with Crippen molar-refractivity contribution < 1.29 is 10.2 Å². The van der Waals surface area contributed by atoms with E-state index < -0.39 is 0 Å². The van der Waals surface area contributed by atoms with Crippen molar-refractivity contribution in [2.24, 2.45) is 11.8 Å². The van der Waals surface area contributed by atoms with Gasteiger partial charge in [-0.25, -0.2) is 0 Å². The van der Waals surface area contributed by atoms with Gasteiger partial charge in [0.1, 0.15) is 0 Å². The minimum atomic E-state index is 0.324. The molecule has 2 heteroatoms. The minimum absolute atomic E-state index is 0.324. The Balaban J connectivity index is 3.66. The predicted octanol–water partition coefficient (Wildman–Crippen LogP) is 2.97. The second-order valence-corrected chi connectivity index (χ2v) is 4.50. The van der Waals surface area contributed by atoms with Gasteiger partial charge in [0.15, 0.2) is 0 Å². The molecule has 0 bridgehead atoms. The van der Waals surface area contributed by atoms with Crippen LogP contribution in [0, 0.1) is 11.8 Å². The van der Waals surface area contributed by atoms with E-state index in [0.717, 1.165) is 25.2 Å². The highest BCUT2D eigenvalue weighted by atomic mass is 16.3. The number of rotatable bonds is 10. The maximum atomic E-state index is 8.90. The highest BCUT2D eigenvalue weighted by molar-refractivity contribution is 4.63. The first-order valence-corrected chi connectivity index (χ1v) is 6.50. The number of hydrogen-bond acceptors (Lipinski definition) is 2. The summed E-state index contributed by atoms with van der Waals surface area (Å²) in [5, 5.41) is 17.7. The predicted molar refractivity (Wildman–Crippen MR) is 64.8 cm³/mol. The van der Waals surface area contributed by atoms with Gasteiger partial charge >= 0.3 is 0 Å². The fourth-order valence-corrected chi connectivity index (χ4v) is 2.14. The van der Waals surface area contributed by atoms with Crippen LogP contribution in [-0.2, 0) is 0 Å². The Morgan fingerprint density at radius 1 is 0.733 bits per heavy atom. The summed E-state index contributed by atoms with van der Waals surface area (Å²) in [6.45, 7) is 5.08. The van der Waals surface area contributed by atoms with E-state index in [1.54, 1.807) is 0 Å². The molecule has 0 aromatic carbocycles. The van der Waals surface area contributed by atoms with Gasteiger partial charge < -0.3 is 10.2 Å². The molecular formula is C13H28O2. The molecule has 0 aromatic heterocycles. The third kappa shape index (κ3) is 7.80. The molecule has 0 aromatic rings. The Bertz CT molecular complexity index is 126. The van der Waals surface area contributed by atoms with Crippen LogP contribution < -0.4 is 0 Å². The molecule has 2 atom stereocenters. The number of aliphatic hydroxyl groups is 2. The summed E-state index contributed by atoms with van der Waals surface area (Å²) in [6.07, 6.45) is 7.94. The first kappa shape index (κ1) is 14.9. The van der Waals surface area contributed by atoms with E-state index in [1.165, 1.54) is 25.7 Å². The van der Waals surface area contributed by atoms with E-state index in [2.05, 4.69) is 13.8 Å².